The number of benzene rings is 1. The van der Waals surface area contributed by atoms with Crippen molar-refractivity contribution in [3.8, 4) is 5.75 Å². The largest absolute Gasteiger partial charge is 0.493 e. The van der Waals surface area contributed by atoms with Gasteiger partial charge < -0.3 is 24.3 Å². The van der Waals surface area contributed by atoms with E-state index in [2.05, 4.69) is 10.3 Å². The molecule has 0 radical (unpaired) electrons. The molecule has 0 saturated carbocycles. The zero-order chi connectivity index (χ0) is 26.5. The van der Waals surface area contributed by atoms with Crippen LogP contribution in [0.2, 0.25) is 0 Å². The molecule has 1 aromatic heterocycles. The van der Waals surface area contributed by atoms with E-state index in [0.717, 1.165) is 26.2 Å². The van der Waals surface area contributed by atoms with Gasteiger partial charge in [0.2, 0.25) is 5.82 Å². The number of anilines is 1. The van der Waals surface area contributed by atoms with E-state index in [1.165, 1.54) is 12.3 Å². The number of hydrogen-bond acceptors (Lipinski definition) is 6. The number of methoxy groups -OCH3 is 1. The van der Waals surface area contributed by atoms with Crippen molar-refractivity contribution in [2.45, 2.75) is 62.9 Å². The molecule has 2 aromatic rings. The quantitative estimate of drug-likeness (QED) is 0.562. The van der Waals surface area contributed by atoms with Crippen LogP contribution in [0.3, 0.4) is 0 Å². The minimum atomic E-state index is -4.83. The van der Waals surface area contributed by atoms with Crippen molar-refractivity contribution in [2.24, 2.45) is 0 Å². The molecule has 1 aromatic carbocycles. The molecule has 0 unspecified atom stereocenters. The molecule has 2 aliphatic rings. The number of ether oxygens (including phenoxy) is 4. The minimum absolute atomic E-state index is 0.112. The Bertz CT molecular complexity index is 1140. The summed E-state index contributed by atoms with van der Waals surface area (Å²) >= 11 is 0. The highest BCUT2D eigenvalue weighted by molar-refractivity contribution is 5.95. The standard InChI is InChI=1S/C24H25F5N2O5/c1-22(2)34-11-17(35-22)16-8-5-12(10-30-16)31-21(32)20-14(9-23(3,36-20)24(27,28)29)13-6-7-15(25)18(26)19(13)33-4/h5-8,10,14,17,20H,9,11H2,1-4H3,(H,31,32)/t14-,17-,20+,23+/m0/s1. The van der Waals surface area contributed by atoms with Crippen LogP contribution in [0.5, 0.6) is 5.75 Å². The second kappa shape index (κ2) is 9.24. The Morgan fingerprint density at radius 2 is 1.86 bits per heavy atom. The van der Waals surface area contributed by atoms with Gasteiger partial charge in [-0.05, 0) is 45.4 Å². The number of rotatable bonds is 5. The van der Waals surface area contributed by atoms with Gasteiger partial charge >= 0.3 is 6.18 Å². The molecule has 3 heterocycles. The Labute approximate surface area is 203 Å². The fourth-order valence-corrected chi connectivity index (χ4v) is 4.39. The molecule has 1 amide bonds. The van der Waals surface area contributed by atoms with E-state index in [1.807, 2.05) is 0 Å². The first-order valence-corrected chi connectivity index (χ1v) is 11.1. The number of carbonyl (C=O) groups excluding carboxylic acids is 1. The summed E-state index contributed by atoms with van der Waals surface area (Å²) in [5.41, 5.74) is -2.07. The Morgan fingerprint density at radius 3 is 2.42 bits per heavy atom. The summed E-state index contributed by atoms with van der Waals surface area (Å²) in [5.74, 6) is -6.13. The molecule has 196 valence electrons. The Balaban J connectivity index is 1.59. The van der Waals surface area contributed by atoms with Crippen LogP contribution < -0.4 is 10.1 Å². The van der Waals surface area contributed by atoms with Crippen LogP contribution in [-0.4, -0.2) is 48.3 Å². The van der Waals surface area contributed by atoms with Crippen LogP contribution in [0.15, 0.2) is 30.5 Å². The first kappa shape index (κ1) is 26.2. The van der Waals surface area contributed by atoms with Crippen LogP contribution in [0.25, 0.3) is 0 Å². The topological polar surface area (TPSA) is 78.9 Å². The number of hydrogen-bond donors (Lipinski definition) is 1. The van der Waals surface area contributed by atoms with Gasteiger partial charge in [0.15, 0.2) is 23.0 Å². The molecule has 36 heavy (non-hydrogen) atoms. The van der Waals surface area contributed by atoms with Crippen molar-refractivity contribution in [1.82, 2.24) is 4.98 Å². The predicted octanol–water partition coefficient (Wildman–Crippen LogP) is 5.02. The maximum Gasteiger partial charge on any atom is 0.417 e. The van der Waals surface area contributed by atoms with Crippen molar-refractivity contribution in [2.75, 3.05) is 19.0 Å². The molecule has 0 spiro atoms. The molecule has 2 aliphatic heterocycles. The first-order valence-electron chi connectivity index (χ1n) is 11.1. The lowest BCUT2D eigenvalue weighted by Crippen LogP contribution is -2.43. The molecule has 4 rings (SSSR count). The molecule has 1 N–H and O–H groups in total. The summed E-state index contributed by atoms with van der Waals surface area (Å²) in [6, 6.07) is 4.97. The van der Waals surface area contributed by atoms with Gasteiger partial charge in [-0.15, -0.1) is 0 Å². The summed E-state index contributed by atoms with van der Waals surface area (Å²) < 4.78 is 90.9. The summed E-state index contributed by atoms with van der Waals surface area (Å²) in [6.07, 6.45) is -6.30. The highest BCUT2D eigenvalue weighted by atomic mass is 19.4. The van der Waals surface area contributed by atoms with E-state index >= 15 is 0 Å². The van der Waals surface area contributed by atoms with Gasteiger partial charge in [-0.3, -0.25) is 9.78 Å². The molecule has 2 fully saturated rings. The number of aromatic nitrogens is 1. The second-order valence-electron chi connectivity index (χ2n) is 9.34. The van der Waals surface area contributed by atoms with E-state index in [9.17, 15) is 26.7 Å². The van der Waals surface area contributed by atoms with Crippen molar-refractivity contribution in [1.29, 1.82) is 0 Å². The maximum absolute atomic E-state index is 14.3. The average Bonchev–Trinajstić information content (AvgIpc) is 3.36. The van der Waals surface area contributed by atoms with Crippen LogP contribution in [0.1, 0.15) is 50.5 Å². The molecular formula is C24H25F5N2O5. The van der Waals surface area contributed by atoms with Gasteiger partial charge in [0.05, 0.1) is 31.3 Å². The summed E-state index contributed by atoms with van der Waals surface area (Å²) in [5, 5.41) is 2.50. The molecule has 7 nitrogen and oxygen atoms in total. The second-order valence-corrected chi connectivity index (χ2v) is 9.34. The minimum Gasteiger partial charge on any atom is -0.493 e. The fraction of sp³-hybridized carbons (Fsp3) is 0.500. The van der Waals surface area contributed by atoms with Crippen molar-refractivity contribution in [3.05, 3.63) is 53.4 Å². The summed E-state index contributed by atoms with van der Waals surface area (Å²) in [6.45, 7) is 4.61. The number of pyridine rings is 1. The average molecular weight is 516 g/mol. The number of amides is 1. The Morgan fingerprint density at radius 1 is 1.14 bits per heavy atom. The lowest BCUT2D eigenvalue weighted by molar-refractivity contribution is -0.261. The third-order valence-electron chi connectivity index (χ3n) is 6.30. The van der Waals surface area contributed by atoms with Crippen molar-refractivity contribution >= 4 is 11.6 Å². The highest BCUT2D eigenvalue weighted by Crippen LogP contribution is 2.51. The van der Waals surface area contributed by atoms with Crippen LogP contribution >= 0.6 is 0 Å². The Hall–Kier alpha value is -2.83. The normalized spacial score (nSPS) is 27.8. The smallest absolute Gasteiger partial charge is 0.417 e. The van der Waals surface area contributed by atoms with E-state index in [4.69, 9.17) is 18.9 Å². The van der Waals surface area contributed by atoms with Gasteiger partial charge in [0, 0.05) is 11.5 Å². The van der Waals surface area contributed by atoms with Crippen LogP contribution in [0, 0.1) is 11.6 Å². The van der Waals surface area contributed by atoms with Crippen LogP contribution in [0.4, 0.5) is 27.6 Å². The monoisotopic (exact) mass is 516 g/mol. The van der Waals surface area contributed by atoms with E-state index in [0.29, 0.717) is 5.69 Å². The number of halogens is 5. The molecule has 4 atom stereocenters. The lowest BCUT2D eigenvalue weighted by atomic mass is 9.85. The van der Waals surface area contributed by atoms with Gasteiger partial charge in [-0.25, -0.2) is 4.39 Å². The van der Waals surface area contributed by atoms with Gasteiger partial charge in [0.1, 0.15) is 12.2 Å². The summed E-state index contributed by atoms with van der Waals surface area (Å²) in [7, 11) is 1.06. The SMILES string of the molecule is COc1c([C@@H]2C[C@](C)(C(F)(F)F)O[C@H]2C(=O)Nc2ccc([C@@H]3COC(C)(C)O3)nc2)ccc(F)c1F. The highest BCUT2D eigenvalue weighted by Gasteiger charge is 2.61. The molecular weight excluding hydrogens is 491 g/mol. The van der Waals surface area contributed by atoms with Crippen molar-refractivity contribution in [3.63, 3.8) is 0 Å². The van der Waals surface area contributed by atoms with E-state index < -0.39 is 65.4 Å². The number of nitrogens with one attached hydrogen (secondary N) is 1. The maximum atomic E-state index is 14.3. The number of nitrogens with zero attached hydrogens (tertiary/aromatic N) is 1. The van der Waals surface area contributed by atoms with E-state index in [1.54, 1.807) is 19.9 Å². The number of carbonyl (C=O) groups is 1. The molecule has 0 bridgehead atoms. The number of alkyl halides is 3. The van der Waals surface area contributed by atoms with Gasteiger partial charge in [-0.1, -0.05) is 6.07 Å². The van der Waals surface area contributed by atoms with Gasteiger partial charge in [0.25, 0.3) is 5.91 Å². The summed E-state index contributed by atoms with van der Waals surface area (Å²) in [4.78, 5) is 17.4. The third kappa shape index (κ3) is 4.89. The predicted molar refractivity (Wildman–Crippen MR) is 116 cm³/mol. The van der Waals surface area contributed by atoms with Gasteiger partial charge in [-0.2, -0.15) is 17.6 Å². The Kier molecular flexibility index (Phi) is 6.73. The third-order valence-corrected chi connectivity index (χ3v) is 6.30. The fourth-order valence-electron chi connectivity index (χ4n) is 4.39. The zero-order valence-corrected chi connectivity index (χ0v) is 19.9. The van der Waals surface area contributed by atoms with Crippen LogP contribution in [-0.2, 0) is 19.0 Å². The lowest BCUT2D eigenvalue weighted by Gasteiger charge is -2.27. The first-order chi connectivity index (χ1) is 16.7. The molecule has 2 saturated heterocycles. The molecule has 12 heteroatoms. The van der Waals surface area contributed by atoms with Crippen molar-refractivity contribution < 1.29 is 45.7 Å². The zero-order valence-electron chi connectivity index (χ0n) is 19.9. The van der Waals surface area contributed by atoms with E-state index in [-0.39, 0.29) is 17.9 Å². The molecule has 0 aliphatic carbocycles.